The van der Waals surface area contributed by atoms with E-state index in [0.717, 1.165) is 6.92 Å². The van der Waals surface area contributed by atoms with Crippen LogP contribution in [0.4, 0.5) is 13.2 Å². The molecule has 0 fully saturated rings. The van der Waals surface area contributed by atoms with Crippen LogP contribution in [0.5, 0.6) is 0 Å². The molecule has 0 saturated heterocycles. The highest BCUT2D eigenvalue weighted by molar-refractivity contribution is 5.92. The van der Waals surface area contributed by atoms with Crippen molar-refractivity contribution in [1.82, 2.24) is 5.32 Å². The molecule has 0 saturated carbocycles. The van der Waals surface area contributed by atoms with Gasteiger partial charge in [-0.15, -0.1) is 0 Å². The van der Waals surface area contributed by atoms with Gasteiger partial charge in [0.05, 0.1) is 6.61 Å². The molecule has 0 unspecified atom stereocenters. The summed E-state index contributed by atoms with van der Waals surface area (Å²) >= 11 is 0. The summed E-state index contributed by atoms with van der Waals surface area (Å²) in [7, 11) is 0. The van der Waals surface area contributed by atoms with E-state index in [2.05, 4.69) is 11.3 Å². The Kier molecular flexibility index (Phi) is 5.91. The Morgan fingerprint density at radius 3 is 2.31 bits per heavy atom. The molecule has 0 atom stereocenters. The average molecular weight is 237 g/mol. The number of nitrogens with one attached hydrogen (secondary N) is 1. The maximum atomic E-state index is 12.2. The number of hydrogen-bond donors (Lipinski definition) is 1. The lowest BCUT2D eigenvalue weighted by Gasteiger charge is -2.06. The van der Waals surface area contributed by atoms with Gasteiger partial charge in [0.25, 0.3) is 0 Å². The fraction of sp³-hybridized carbons (Fsp3) is 0.333. The number of amides is 1. The third-order valence-electron chi connectivity index (χ3n) is 1.33. The van der Waals surface area contributed by atoms with Crippen LogP contribution in [0.15, 0.2) is 24.2 Å². The Morgan fingerprint density at radius 1 is 1.31 bits per heavy atom. The van der Waals surface area contributed by atoms with Gasteiger partial charge in [-0.2, -0.15) is 8.78 Å². The standard InChI is InChI=1S/C9H10F3NO3/c1-5(13-6(2)14)9(15)16-4-3-7(10)8(11)12/h1,3-4H2,2H3,(H,13,14). The summed E-state index contributed by atoms with van der Waals surface area (Å²) in [4.78, 5) is 21.5. The van der Waals surface area contributed by atoms with E-state index in [0.29, 0.717) is 0 Å². The van der Waals surface area contributed by atoms with Crippen molar-refractivity contribution in [1.29, 1.82) is 0 Å². The summed E-state index contributed by atoms with van der Waals surface area (Å²) in [5, 5.41) is 2.04. The molecule has 0 radical (unpaired) electrons. The second-order valence-corrected chi connectivity index (χ2v) is 2.71. The van der Waals surface area contributed by atoms with Gasteiger partial charge in [-0.25, -0.2) is 9.18 Å². The molecule has 16 heavy (non-hydrogen) atoms. The molecule has 0 aromatic carbocycles. The van der Waals surface area contributed by atoms with Crippen molar-refractivity contribution in [3.05, 3.63) is 24.2 Å². The molecular weight excluding hydrogens is 227 g/mol. The Balaban J connectivity index is 3.96. The predicted octanol–water partition coefficient (Wildman–Crippen LogP) is 1.65. The topological polar surface area (TPSA) is 55.4 Å². The van der Waals surface area contributed by atoms with Crippen LogP contribution in [-0.4, -0.2) is 18.5 Å². The van der Waals surface area contributed by atoms with Crippen LogP contribution < -0.4 is 5.32 Å². The van der Waals surface area contributed by atoms with Crippen molar-refractivity contribution < 1.29 is 27.5 Å². The summed E-state index contributed by atoms with van der Waals surface area (Å²) < 4.78 is 39.7. The lowest BCUT2D eigenvalue weighted by Crippen LogP contribution is -2.25. The number of ether oxygens (including phenoxy) is 1. The second kappa shape index (κ2) is 6.65. The van der Waals surface area contributed by atoms with Crippen molar-refractivity contribution in [2.24, 2.45) is 0 Å². The second-order valence-electron chi connectivity index (χ2n) is 2.71. The van der Waals surface area contributed by atoms with E-state index in [4.69, 9.17) is 0 Å². The van der Waals surface area contributed by atoms with Crippen LogP contribution in [-0.2, 0) is 14.3 Å². The molecule has 0 aliphatic rings. The van der Waals surface area contributed by atoms with E-state index in [1.54, 1.807) is 0 Å². The molecule has 0 spiro atoms. The molecule has 0 aromatic rings. The maximum Gasteiger partial charge on any atom is 0.354 e. The number of carbonyl (C=O) groups is 2. The minimum Gasteiger partial charge on any atom is -0.461 e. The summed E-state index contributed by atoms with van der Waals surface area (Å²) in [6.07, 6.45) is -3.17. The summed E-state index contributed by atoms with van der Waals surface area (Å²) in [6.45, 7) is 3.76. The normalized spacial score (nSPS) is 9.25. The monoisotopic (exact) mass is 237 g/mol. The van der Waals surface area contributed by atoms with Gasteiger partial charge in [-0.1, -0.05) is 6.58 Å². The molecule has 90 valence electrons. The number of rotatable bonds is 5. The van der Waals surface area contributed by atoms with E-state index in [1.165, 1.54) is 0 Å². The van der Waals surface area contributed by atoms with Crippen LogP contribution in [0.25, 0.3) is 0 Å². The first kappa shape index (κ1) is 14.2. The molecule has 0 aliphatic carbocycles. The third-order valence-corrected chi connectivity index (χ3v) is 1.33. The van der Waals surface area contributed by atoms with Gasteiger partial charge in [0.2, 0.25) is 5.91 Å². The fourth-order valence-electron chi connectivity index (χ4n) is 0.678. The first-order chi connectivity index (χ1) is 7.34. The molecule has 0 aromatic heterocycles. The Bertz CT molecular complexity index is 335. The van der Waals surface area contributed by atoms with Crippen molar-refractivity contribution in [2.75, 3.05) is 6.61 Å². The molecule has 4 nitrogen and oxygen atoms in total. The van der Waals surface area contributed by atoms with E-state index in [1.807, 2.05) is 5.32 Å². The molecule has 0 rings (SSSR count). The quantitative estimate of drug-likeness (QED) is 0.584. The van der Waals surface area contributed by atoms with Crippen LogP contribution in [0, 0.1) is 0 Å². The molecule has 0 aliphatic heterocycles. The SMILES string of the molecule is C=C(NC(C)=O)C(=O)OCCC(F)=C(F)F. The third kappa shape index (κ3) is 5.84. The van der Waals surface area contributed by atoms with E-state index in [9.17, 15) is 22.8 Å². The van der Waals surface area contributed by atoms with Crippen molar-refractivity contribution >= 4 is 11.9 Å². The van der Waals surface area contributed by atoms with Crippen LogP contribution in [0.3, 0.4) is 0 Å². The summed E-state index contributed by atoms with van der Waals surface area (Å²) in [5.41, 5.74) is -0.336. The summed E-state index contributed by atoms with van der Waals surface area (Å²) in [5.74, 6) is -3.16. The zero-order valence-corrected chi connectivity index (χ0v) is 8.48. The minimum absolute atomic E-state index is 0.336. The predicted molar refractivity (Wildman–Crippen MR) is 48.9 cm³/mol. The molecular formula is C9H10F3NO3. The minimum atomic E-state index is -2.45. The Hall–Kier alpha value is -1.79. The van der Waals surface area contributed by atoms with Gasteiger partial charge < -0.3 is 10.1 Å². The average Bonchev–Trinajstić information content (AvgIpc) is 2.15. The highest BCUT2D eigenvalue weighted by Gasteiger charge is 2.11. The molecule has 0 bridgehead atoms. The molecule has 7 heteroatoms. The number of esters is 1. The van der Waals surface area contributed by atoms with Gasteiger partial charge in [0.1, 0.15) is 5.70 Å². The fourth-order valence-corrected chi connectivity index (χ4v) is 0.678. The highest BCUT2D eigenvalue weighted by Crippen LogP contribution is 2.12. The lowest BCUT2D eigenvalue weighted by molar-refractivity contribution is -0.140. The van der Waals surface area contributed by atoms with Crippen molar-refractivity contribution in [2.45, 2.75) is 13.3 Å². The Labute approximate surface area is 89.8 Å². The van der Waals surface area contributed by atoms with Crippen molar-refractivity contribution in [3.63, 3.8) is 0 Å². The van der Waals surface area contributed by atoms with E-state index >= 15 is 0 Å². The van der Waals surface area contributed by atoms with Gasteiger partial charge in [0, 0.05) is 13.3 Å². The largest absolute Gasteiger partial charge is 0.461 e. The van der Waals surface area contributed by atoms with Crippen LogP contribution in [0.1, 0.15) is 13.3 Å². The smallest absolute Gasteiger partial charge is 0.354 e. The summed E-state index contributed by atoms with van der Waals surface area (Å²) in [6, 6.07) is 0. The Morgan fingerprint density at radius 2 is 1.88 bits per heavy atom. The first-order valence-corrected chi connectivity index (χ1v) is 4.18. The van der Waals surface area contributed by atoms with Gasteiger partial charge in [-0.05, 0) is 0 Å². The van der Waals surface area contributed by atoms with Crippen LogP contribution >= 0.6 is 0 Å². The molecule has 0 heterocycles. The highest BCUT2D eigenvalue weighted by atomic mass is 19.3. The van der Waals surface area contributed by atoms with Crippen molar-refractivity contribution in [3.8, 4) is 0 Å². The van der Waals surface area contributed by atoms with Gasteiger partial charge in [-0.3, -0.25) is 4.79 Å². The zero-order valence-electron chi connectivity index (χ0n) is 8.48. The number of halogens is 3. The van der Waals surface area contributed by atoms with E-state index < -0.39 is 36.8 Å². The molecule has 1 amide bonds. The van der Waals surface area contributed by atoms with Gasteiger partial charge in [0.15, 0.2) is 5.83 Å². The lowest BCUT2D eigenvalue weighted by atomic mass is 10.4. The van der Waals surface area contributed by atoms with Crippen LogP contribution in [0.2, 0.25) is 0 Å². The maximum absolute atomic E-state index is 12.2. The first-order valence-electron chi connectivity index (χ1n) is 4.18. The number of hydrogen-bond acceptors (Lipinski definition) is 3. The van der Waals surface area contributed by atoms with Gasteiger partial charge >= 0.3 is 12.0 Å². The molecule has 1 N–H and O–H groups in total. The van der Waals surface area contributed by atoms with E-state index in [-0.39, 0.29) is 5.70 Å². The zero-order chi connectivity index (χ0) is 12.7. The number of carbonyl (C=O) groups excluding carboxylic acids is 2.